The van der Waals surface area contributed by atoms with Crippen LogP contribution in [0.4, 0.5) is 0 Å². The molecule has 0 bridgehead atoms. The maximum atomic E-state index is 12.3. The minimum atomic E-state index is -0.0277. The number of ketones is 1. The fourth-order valence-corrected chi connectivity index (χ4v) is 2.36. The molecule has 4 nitrogen and oxygen atoms in total. The molecule has 4 rings (SSSR count). The molecule has 17 heavy (non-hydrogen) atoms. The molecule has 0 fully saturated rings. The summed E-state index contributed by atoms with van der Waals surface area (Å²) in [6.45, 7) is 0. The molecule has 4 heteroatoms. The second kappa shape index (κ2) is 2.79. The Morgan fingerprint density at radius 2 is 1.88 bits per heavy atom. The number of nitrogens with one attached hydrogen (secondary N) is 1. The van der Waals surface area contributed by atoms with Crippen molar-refractivity contribution in [1.82, 2.24) is 15.2 Å². The summed E-state index contributed by atoms with van der Waals surface area (Å²) in [7, 11) is 0. The number of hydrogen-bond donors (Lipinski definition) is 1. The van der Waals surface area contributed by atoms with Gasteiger partial charge in [0, 0.05) is 22.7 Å². The highest BCUT2D eigenvalue weighted by Crippen LogP contribution is 2.36. The van der Waals surface area contributed by atoms with Crippen molar-refractivity contribution in [3.63, 3.8) is 0 Å². The van der Waals surface area contributed by atoms with Gasteiger partial charge in [0.1, 0.15) is 11.4 Å². The summed E-state index contributed by atoms with van der Waals surface area (Å²) in [5, 5.41) is 8.14. The third-order valence-electron chi connectivity index (χ3n) is 3.11. The Kier molecular flexibility index (Phi) is 1.42. The highest BCUT2D eigenvalue weighted by atomic mass is 16.1. The lowest BCUT2D eigenvalue weighted by Gasteiger charge is -2.12. The van der Waals surface area contributed by atoms with E-state index in [1.807, 2.05) is 30.3 Å². The van der Waals surface area contributed by atoms with Gasteiger partial charge >= 0.3 is 0 Å². The molecule has 1 N–H and O–H groups in total. The number of hydrogen-bond acceptors (Lipinski definition) is 3. The van der Waals surface area contributed by atoms with Crippen LogP contribution in [0.5, 0.6) is 0 Å². The summed E-state index contributed by atoms with van der Waals surface area (Å²) < 4.78 is 0. The van der Waals surface area contributed by atoms with Gasteiger partial charge in [-0.2, -0.15) is 5.10 Å². The van der Waals surface area contributed by atoms with Gasteiger partial charge in [-0.25, -0.2) is 0 Å². The summed E-state index contributed by atoms with van der Waals surface area (Å²) in [6, 6.07) is 9.29. The van der Waals surface area contributed by atoms with Gasteiger partial charge < -0.3 is 0 Å². The molecule has 2 aromatic heterocycles. The fourth-order valence-electron chi connectivity index (χ4n) is 2.36. The molecule has 0 unspecified atom stereocenters. The van der Waals surface area contributed by atoms with Gasteiger partial charge in [0.2, 0.25) is 5.78 Å². The lowest BCUT2D eigenvalue weighted by molar-refractivity contribution is 0.103. The summed E-state index contributed by atoms with van der Waals surface area (Å²) >= 11 is 0. The number of carbonyl (C=O) groups excluding carboxylic acids is 1. The van der Waals surface area contributed by atoms with Gasteiger partial charge in [-0.05, 0) is 18.2 Å². The Hall–Kier alpha value is -2.49. The van der Waals surface area contributed by atoms with Crippen molar-refractivity contribution in [3.8, 4) is 11.3 Å². The van der Waals surface area contributed by atoms with Crippen LogP contribution in [-0.4, -0.2) is 21.0 Å². The fraction of sp³-hybridized carbons (Fsp3) is 0. The second-order valence-corrected chi connectivity index (χ2v) is 4.03. The molecule has 0 amide bonds. The predicted molar refractivity (Wildman–Crippen MR) is 62.8 cm³/mol. The van der Waals surface area contributed by atoms with Crippen molar-refractivity contribution < 1.29 is 4.79 Å². The molecule has 2 heterocycles. The maximum Gasteiger partial charge on any atom is 0.212 e. The number of rotatable bonds is 0. The van der Waals surface area contributed by atoms with Crippen LogP contribution in [0.3, 0.4) is 0 Å². The molecule has 3 aromatic rings. The largest absolute Gasteiger partial charge is 0.287 e. The Balaban J connectivity index is 2.27. The van der Waals surface area contributed by atoms with Crippen LogP contribution in [0.25, 0.3) is 22.2 Å². The number of aromatic nitrogens is 3. The van der Waals surface area contributed by atoms with Crippen LogP contribution < -0.4 is 0 Å². The highest BCUT2D eigenvalue weighted by Gasteiger charge is 2.27. The number of H-pyrrole nitrogens is 1. The van der Waals surface area contributed by atoms with Crippen LogP contribution in [0.2, 0.25) is 0 Å². The molecule has 1 aromatic carbocycles. The van der Waals surface area contributed by atoms with E-state index in [4.69, 9.17) is 0 Å². The van der Waals surface area contributed by atoms with E-state index in [1.165, 1.54) is 0 Å². The molecular formula is C13H7N3O. The zero-order valence-corrected chi connectivity index (χ0v) is 8.77. The summed E-state index contributed by atoms with van der Waals surface area (Å²) in [6.07, 6.45) is 1.63. The molecule has 0 saturated carbocycles. The van der Waals surface area contributed by atoms with E-state index in [0.29, 0.717) is 11.3 Å². The predicted octanol–water partition coefficient (Wildman–Crippen LogP) is 2.17. The number of aromatic amines is 1. The van der Waals surface area contributed by atoms with Crippen LogP contribution in [0.15, 0.2) is 36.5 Å². The van der Waals surface area contributed by atoms with Crippen molar-refractivity contribution in [1.29, 1.82) is 0 Å². The Bertz CT molecular complexity index is 773. The topological polar surface area (TPSA) is 58.6 Å². The van der Waals surface area contributed by atoms with Gasteiger partial charge in [-0.3, -0.25) is 14.9 Å². The van der Waals surface area contributed by atoms with E-state index in [-0.39, 0.29) is 5.78 Å². The minimum absolute atomic E-state index is 0.0277. The standard InChI is InChI=1S/C13H7N3O/c17-13-7-3-1-5-9-10(7)11(16-15-9)8-4-2-6-14-12(8)13/h1-6H,(H,15,16). The van der Waals surface area contributed by atoms with Crippen molar-refractivity contribution in [2.24, 2.45) is 0 Å². The molecular weight excluding hydrogens is 214 g/mol. The first-order valence-corrected chi connectivity index (χ1v) is 5.33. The Morgan fingerprint density at radius 1 is 1.00 bits per heavy atom. The molecule has 1 aliphatic carbocycles. The molecule has 0 spiro atoms. The first kappa shape index (κ1) is 8.64. The van der Waals surface area contributed by atoms with E-state index < -0.39 is 0 Å². The third kappa shape index (κ3) is 0.945. The number of nitrogens with zero attached hydrogens (tertiary/aromatic N) is 2. The van der Waals surface area contributed by atoms with Crippen LogP contribution >= 0.6 is 0 Å². The van der Waals surface area contributed by atoms with Crippen molar-refractivity contribution in [3.05, 3.63) is 47.8 Å². The molecule has 0 aliphatic heterocycles. The van der Waals surface area contributed by atoms with E-state index in [1.54, 1.807) is 6.20 Å². The molecule has 80 valence electrons. The number of fused-ring (bicyclic) bond motifs is 2. The zero-order chi connectivity index (χ0) is 11.4. The second-order valence-electron chi connectivity index (χ2n) is 4.03. The van der Waals surface area contributed by atoms with Crippen molar-refractivity contribution in [2.45, 2.75) is 0 Å². The zero-order valence-electron chi connectivity index (χ0n) is 8.77. The molecule has 1 aliphatic rings. The van der Waals surface area contributed by atoms with Gasteiger partial charge in [-0.15, -0.1) is 0 Å². The van der Waals surface area contributed by atoms with E-state index in [0.717, 1.165) is 22.2 Å². The number of carbonyl (C=O) groups is 1. The highest BCUT2D eigenvalue weighted by molar-refractivity contribution is 6.23. The quantitative estimate of drug-likeness (QED) is 0.495. The van der Waals surface area contributed by atoms with E-state index in [2.05, 4.69) is 15.2 Å². The third-order valence-corrected chi connectivity index (χ3v) is 3.11. The van der Waals surface area contributed by atoms with Gasteiger partial charge in [0.25, 0.3) is 0 Å². The molecule has 0 saturated heterocycles. The van der Waals surface area contributed by atoms with Gasteiger partial charge in [-0.1, -0.05) is 12.1 Å². The lowest BCUT2D eigenvalue weighted by atomic mass is 9.91. The summed E-state index contributed by atoms with van der Waals surface area (Å²) in [5.41, 5.74) is 3.68. The Morgan fingerprint density at radius 3 is 2.82 bits per heavy atom. The number of pyridine rings is 1. The minimum Gasteiger partial charge on any atom is -0.287 e. The average Bonchev–Trinajstić information content (AvgIpc) is 2.81. The summed E-state index contributed by atoms with van der Waals surface area (Å²) in [4.78, 5) is 16.5. The van der Waals surface area contributed by atoms with Crippen LogP contribution in [0, 0.1) is 0 Å². The lowest BCUT2D eigenvalue weighted by Crippen LogP contribution is -2.10. The van der Waals surface area contributed by atoms with Crippen molar-refractivity contribution >= 4 is 16.7 Å². The summed E-state index contributed by atoms with van der Waals surface area (Å²) in [5.74, 6) is -0.0277. The number of benzene rings is 1. The Labute approximate surface area is 96.3 Å². The normalized spacial score (nSPS) is 12.8. The van der Waals surface area contributed by atoms with E-state index >= 15 is 0 Å². The van der Waals surface area contributed by atoms with Crippen LogP contribution in [-0.2, 0) is 0 Å². The molecule has 0 radical (unpaired) electrons. The van der Waals surface area contributed by atoms with Gasteiger partial charge in [0.05, 0.1) is 5.52 Å². The maximum absolute atomic E-state index is 12.3. The smallest absolute Gasteiger partial charge is 0.212 e. The molecule has 0 atom stereocenters. The van der Waals surface area contributed by atoms with Crippen LogP contribution in [0.1, 0.15) is 16.1 Å². The average molecular weight is 221 g/mol. The SMILES string of the molecule is O=C1c2ncccc2-c2n[nH]c3cccc1c23. The first-order chi connectivity index (χ1) is 8.36. The van der Waals surface area contributed by atoms with Gasteiger partial charge in [0.15, 0.2) is 0 Å². The monoisotopic (exact) mass is 221 g/mol. The van der Waals surface area contributed by atoms with E-state index in [9.17, 15) is 4.79 Å². The van der Waals surface area contributed by atoms with Crippen molar-refractivity contribution in [2.75, 3.05) is 0 Å². The first-order valence-electron chi connectivity index (χ1n) is 5.33.